The van der Waals surface area contributed by atoms with Gasteiger partial charge in [0.05, 0.1) is 0 Å². The first kappa shape index (κ1) is 12.5. The maximum Gasteiger partial charge on any atom is 0.411 e. The Bertz CT molecular complexity index is 123. The highest BCUT2D eigenvalue weighted by atomic mass is 19.4. The van der Waals surface area contributed by atoms with Crippen molar-refractivity contribution in [2.75, 3.05) is 20.0 Å². The first-order valence-electron chi connectivity index (χ1n) is 3.00. The number of hydrogen-bond donors (Lipinski definition) is 0. The molecule has 0 N–H and O–H groups in total. The number of halogens is 6. The van der Waals surface area contributed by atoms with Crippen LogP contribution in [0.4, 0.5) is 26.3 Å². The third-order valence-electron chi connectivity index (χ3n) is 0.698. The van der Waals surface area contributed by atoms with E-state index >= 15 is 0 Å². The molecule has 0 aromatic carbocycles. The van der Waals surface area contributed by atoms with Crippen molar-refractivity contribution >= 4 is 0 Å². The van der Waals surface area contributed by atoms with Crippen LogP contribution in [-0.2, 0) is 9.47 Å². The van der Waals surface area contributed by atoms with Crippen molar-refractivity contribution in [3.8, 4) is 0 Å². The van der Waals surface area contributed by atoms with Crippen LogP contribution in [0.3, 0.4) is 0 Å². The summed E-state index contributed by atoms with van der Waals surface area (Å²) in [5.74, 6) is 0. The quantitative estimate of drug-likeness (QED) is 0.403. The lowest BCUT2D eigenvalue weighted by Gasteiger charge is -2.09. The lowest BCUT2D eigenvalue weighted by Crippen LogP contribution is -2.21. The van der Waals surface area contributed by atoms with E-state index in [9.17, 15) is 26.3 Å². The summed E-state index contributed by atoms with van der Waals surface area (Å²) in [5, 5.41) is 0. The molecule has 0 fully saturated rings. The fraction of sp³-hybridized carbons (Fsp3) is 1.00. The Morgan fingerprint density at radius 3 is 1.23 bits per heavy atom. The summed E-state index contributed by atoms with van der Waals surface area (Å²) in [4.78, 5) is 0. The largest absolute Gasteiger partial charge is 0.411 e. The molecule has 0 aromatic heterocycles. The molecular formula is C5H6F6O2. The normalized spacial score (nSPS) is 13.4. The summed E-state index contributed by atoms with van der Waals surface area (Å²) < 4.78 is 75.4. The highest BCUT2D eigenvalue weighted by Crippen LogP contribution is 2.16. The summed E-state index contributed by atoms with van der Waals surface area (Å²) in [7, 11) is 0. The Hall–Kier alpha value is -0.500. The van der Waals surface area contributed by atoms with E-state index in [1.165, 1.54) is 0 Å². The van der Waals surface area contributed by atoms with Gasteiger partial charge in [-0.3, -0.25) is 0 Å². The van der Waals surface area contributed by atoms with Crippen LogP contribution in [0, 0.1) is 0 Å². The molecule has 0 bridgehead atoms. The van der Waals surface area contributed by atoms with E-state index < -0.39 is 32.4 Å². The molecule has 13 heavy (non-hydrogen) atoms. The van der Waals surface area contributed by atoms with Crippen molar-refractivity contribution < 1.29 is 35.8 Å². The second kappa shape index (κ2) is 4.66. The second-order valence-corrected chi connectivity index (χ2v) is 2.05. The molecule has 0 aromatic rings. The van der Waals surface area contributed by atoms with Gasteiger partial charge < -0.3 is 9.47 Å². The van der Waals surface area contributed by atoms with E-state index in [0.717, 1.165) is 0 Å². The standard InChI is InChI=1S/C5H6F6O2/c6-4(7,8)1-12-3-13-2-5(9,10)11/h1-3H2. The highest BCUT2D eigenvalue weighted by Gasteiger charge is 2.29. The maximum absolute atomic E-state index is 11.3. The van der Waals surface area contributed by atoms with Crippen LogP contribution in [0.2, 0.25) is 0 Å². The van der Waals surface area contributed by atoms with E-state index in [1.54, 1.807) is 0 Å². The molecule has 0 aliphatic carbocycles. The predicted molar refractivity (Wildman–Crippen MR) is 28.9 cm³/mol. The summed E-state index contributed by atoms with van der Waals surface area (Å²) in [6, 6.07) is 0. The van der Waals surface area contributed by atoms with Crippen molar-refractivity contribution in [3.05, 3.63) is 0 Å². The van der Waals surface area contributed by atoms with Gasteiger partial charge in [0, 0.05) is 0 Å². The van der Waals surface area contributed by atoms with Gasteiger partial charge in [0.15, 0.2) is 0 Å². The third-order valence-corrected chi connectivity index (χ3v) is 0.698. The van der Waals surface area contributed by atoms with Crippen LogP contribution in [0.25, 0.3) is 0 Å². The summed E-state index contributed by atoms with van der Waals surface area (Å²) in [5.41, 5.74) is 0. The number of ether oxygens (including phenoxy) is 2. The molecule has 0 unspecified atom stereocenters. The minimum atomic E-state index is -4.55. The SMILES string of the molecule is FC(F)(F)COCOCC(F)(F)F. The minimum absolute atomic E-state index is 1.03. The average Bonchev–Trinajstić information content (AvgIpc) is 1.81. The highest BCUT2D eigenvalue weighted by molar-refractivity contribution is 4.45. The van der Waals surface area contributed by atoms with E-state index in [-0.39, 0.29) is 0 Å². The Labute approximate surface area is 69.4 Å². The molecule has 0 amide bonds. The van der Waals surface area contributed by atoms with Gasteiger partial charge in [-0.25, -0.2) is 0 Å². The van der Waals surface area contributed by atoms with Gasteiger partial charge in [-0.15, -0.1) is 0 Å². The molecular weight excluding hydrogens is 206 g/mol. The van der Waals surface area contributed by atoms with Crippen LogP contribution < -0.4 is 0 Å². The predicted octanol–water partition coefficient (Wildman–Crippen LogP) is 2.10. The zero-order valence-corrected chi connectivity index (χ0v) is 6.21. The molecule has 2 nitrogen and oxygen atoms in total. The first-order chi connectivity index (χ1) is 5.71. The zero-order valence-electron chi connectivity index (χ0n) is 6.21. The van der Waals surface area contributed by atoms with E-state index in [0.29, 0.717) is 0 Å². The summed E-state index contributed by atoms with van der Waals surface area (Å²) in [6.07, 6.45) is -9.11. The van der Waals surface area contributed by atoms with E-state index in [4.69, 9.17) is 0 Å². The molecule has 0 saturated heterocycles. The molecule has 0 spiro atoms. The number of hydrogen-bond acceptors (Lipinski definition) is 2. The molecule has 0 atom stereocenters. The third kappa shape index (κ3) is 11.5. The minimum Gasteiger partial charge on any atom is -0.346 e. The van der Waals surface area contributed by atoms with Gasteiger partial charge >= 0.3 is 12.4 Å². The fourth-order valence-corrected chi connectivity index (χ4v) is 0.374. The van der Waals surface area contributed by atoms with Gasteiger partial charge in [0.1, 0.15) is 20.0 Å². The van der Waals surface area contributed by atoms with Crippen molar-refractivity contribution in [1.82, 2.24) is 0 Å². The van der Waals surface area contributed by atoms with Gasteiger partial charge in [0.25, 0.3) is 0 Å². The van der Waals surface area contributed by atoms with Crippen LogP contribution in [-0.4, -0.2) is 32.4 Å². The monoisotopic (exact) mass is 212 g/mol. The first-order valence-corrected chi connectivity index (χ1v) is 3.00. The van der Waals surface area contributed by atoms with Crippen molar-refractivity contribution in [2.24, 2.45) is 0 Å². The van der Waals surface area contributed by atoms with Crippen molar-refractivity contribution in [1.29, 1.82) is 0 Å². The topological polar surface area (TPSA) is 18.5 Å². The number of alkyl halides is 6. The molecule has 0 aliphatic rings. The lowest BCUT2D eigenvalue weighted by molar-refractivity contribution is -0.224. The van der Waals surface area contributed by atoms with E-state index in [2.05, 4.69) is 9.47 Å². The average molecular weight is 212 g/mol. The molecule has 0 saturated carbocycles. The number of rotatable bonds is 4. The van der Waals surface area contributed by atoms with E-state index in [1.807, 2.05) is 0 Å². The second-order valence-electron chi connectivity index (χ2n) is 2.05. The van der Waals surface area contributed by atoms with Crippen LogP contribution in [0.1, 0.15) is 0 Å². The van der Waals surface area contributed by atoms with Crippen LogP contribution in [0.5, 0.6) is 0 Å². The molecule has 0 aliphatic heterocycles. The summed E-state index contributed by atoms with van der Waals surface area (Å²) in [6.45, 7) is -4.27. The fourth-order valence-electron chi connectivity index (χ4n) is 0.374. The van der Waals surface area contributed by atoms with Crippen LogP contribution >= 0.6 is 0 Å². The molecule has 0 radical (unpaired) electrons. The molecule has 80 valence electrons. The smallest absolute Gasteiger partial charge is 0.346 e. The Morgan fingerprint density at radius 1 is 0.692 bits per heavy atom. The molecule has 0 rings (SSSR count). The zero-order chi connectivity index (χ0) is 10.5. The Balaban J connectivity index is 3.28. The lowest BCUT2D eigenvalue weighted by atomic mass is 10.7. The Kier molecular flexibility index (Phi) is 4.48. The molecule has 0 heterocycles. The Morgan fingerprint density at radius 2 is 1.00 bits per heavy atom. The molecule has 8 heteroatoms. The van der Waals surface area contributed by atoms with Gasteiger partial charge in [-0.1, -0.05) is 0 Å². The van der Waals surface area contributed by atoms with Crippen LogP contribution in [0.15, 0.2) is 0 Å². The van der Waals surface area contributed by atoms with Gasteiger partial charge in [0.2, 0.25) is 0 Å². The maximum atomic E-state index is 11.3. The summed E-state index contributed by atoms with van der Waals surface area (Å²) >= 11 is 0. The van der Waals surface area contributed by atoms with Crippen molar-refractivity contribution in [3.63, 3.8) is 0 Å². The van der Waals surface area contributed by atoms with Gasteiger partial charge in [-0.2, -0.15) is 26.3 Å². The van der Waals surface area contributed by atoms with Gasteiger partial charge in [-0.05, 0) is 0 Å². The van der Waals surface area contributed by atoms with Crippen molar-refractivity contribution in [2.45, 2.75) is 12.4 Å².